The summed E-state index contributed by atoms with van der Waals surface area (Å²) in [5, 5.41) is 23.0. The molecule has 1 heterocycles. The largest absolute Gasteiger partial charge is 0.481 e. The Balaban J connectivity index is 2.56. The Labute approximate surface area is 116 Å². The van der Waals surface area contributed by atoms with E-state index in [0.29, 0.717) is 13.2 Å². The van der Waals surface area contributed by atoms with E-state index >= 15 is 0 Å². The van der Waals surface area contributed by atoms with Crippen molar-refractivity contribution in [2.75, 3.05) is 19.8 Å². The summed E-state index contributed by atoms with van der Waals surface area (Å²) in [4.78, 5) is 33.5. The van der Waals surface area contributed by atoms with Crippen LogP contribution in [-0.2, 0) is 19.1 Å². The van der Waals surface area contributed by atoms with E-state index < -0.39 is 29.8 Å². The maximum absolute atomic E-state index is 12.0. The number of likely N-dealkylation sites (N-methyl/N-ethyl adjacent to an activating group) is 1. The van der Waals surface area contributed by atoms with Crippen LogP contribution < -0.4 is 10.6 Å². The fraction of sp³-hybridized carbons (Fsp3) is 0.750. The van der Waals surface area contributed by atoms with Crippen LogP contribution >= 0.6 is 0 Å². The highest BCUT2D eigenvalue weighted by Crippen LogP contribution is 2.14. The van der Waals surface area contributed by atoms with Crippen molar-refractivity contribution < 1.29 is 29.3 Å². The van der Waals surface area contributed by atoms with Gasteiger partial charge in [0.25, 0.3) is 0 Å². The smallest absolute Gasteiger partial charge is 0.326 e. The van der Waals surface area contributed by atoms with Gasteiger partial charge in [-0.05, 0) is 13.0 Å². The number of aliphatic carboxylic acids is 2. The van der Waals surface area contributed by atoms with Gasteiger partial charge in [-0.1, -0.05) is 6.92 Å². The Bertz CT molecular complexity index is 373. The number of nitrogens with one attached hydrogen (secondary N) is 2. The zero-order valence-corrected chi connectivity index (χ0v) is 11.3. The normalized spacial score (nSPS) is 23.2. The van der Waals surface area contributed by atoms with Crippen LogP contribution in [-0.4, -0.2) is 59.9 Å². The predicted octanol–water partition coefficient (Wildman–Crippen LogP) is -0.955. The molecule has 3 atom stereocenters. The molecule has 1 aliphatic heterocycles. The van der Waals surface area contributed by atoms with Crippen molar-refractivity contribution in [3.8, 4) is 0 Å². The van der Waals surface area contributed by atoms with Gasteiger partial charge in [-0.15, -0.1) is 0 Å². The minimum Gasteiger partial charge on any atom is -0.481 e. The molecule has 0 aliphatic carbocycles. The third-order valence-corrected chi connectivity index (χ3v) is 3.15. The maximum atomic E-state index is 12.0. The molecule has 0 radical (unpaired) electrons. The number of carboxylic acids is 2. The second kappa shape index (κ2) is 7.81. The molecule has 0 spiro atoms. The number of carbonyl (C=O) groups is 3. The molecule has 1 amide bonds. The second-order valence-corrected chi connectivity index (χ2v) is 4.64. The lowest BCUT2D eigenvalue weighted by Gasteiger charge is -2.20. The number of hydrogen-bond donors (Lipinski definition) is 4. The molecule has 1 fully saturated rings. The lowest BCUT2D eigenvalue weighted by atomic mass is 10.0. The van der Waals surface area contributed by atoms with Gasteiger partial charge in [-0.2, -0.15) is 0 Å². The molecule has 4 N–H and O–H groups in total. The summed E-state index contributed by atoms with van der Waals surface area (Å²) in [5.74, 6) is -3.22. The predicted molar refractivity (Wildman–Crippen MR) is 68.2 cm³/mol. The molecule has 114 valence electrons. The Morgan fingerprint density at radius 2 is 2.00 bits per heavy atom. The van der Waals surface area contributed by atoms with E-state index in [-0.39, 0.29) is 25.5 Å². The first-order valence-electron chi connectivity index (χ1n) is 6.51. The first-order chi connectivity index (χ1) is 9.45. The Kier molecular flexibility index (Phi) is 6.40. The van der Waals surface area contributed by atoms with E-state index in [9.17, 15) is 14.4 Å². The van der Waals surface area contributed by atoms with Crippen LogP contribution in [0.15, 0.2) is 0 Å². The Hall–Kier alpha value is -1.67. The molecule has 0 aromatic rings. The molecule has 1 aliphatic rings. The second-order valence-electron chi connectivity index (χ2n) is 4.64. The summed E-state index contributed by atoms with van der Waals surface area (Å²) >= 11 is 0. The summed E-state index contributed by atoms with van der Waals surface area (Å²) in [6.07, 6.45) is -0.453. The molecular weight excluding hydrogens is 268 g/mol. The first-order valence-corrected chi connectivity index (χ1v) is 6.51. The zero-order valence-electron chi connectivity index (χ0n) is 11.3. The minimum absolute atomic E-state index is 0.143. The molecule has 8 nitrogen and oxygen atoms in total. The van der Waals surface area contributed by atoms with Gasteiger partial charge in [0.1, 0.15) is 6.04 Å². The van der Waals surface area contributed by atoms with Gasteiger partial charge < -0.3 is 25.6 Å². The van der Waals surface area contributed by atoms with Crippen LogP contribution in [0.3, 0.4) is 0 Å². The van der Waals surface area contributed by atoms with E-state index in [4.69, 9.17) is 14.9 Å². The molecule has 0 aromatic carbocycles. The number of carbonyl (C=O) groups excluding carboxylic acids is 1. The molecule has 0 saturated carbocycles. The van der Waals surface area contributed by atoms with E-state index in [1.807, 2.05) is 6.92 Å². The lowest BCUT2D eigenvalue weighted by molar-refractivity contribution is -0.143. The molecule has 0 aromatic heterocycles. The molecule has 8 heteroatoms. The maximum Gasteiger partial charge on any atom is 0.326 e. The van der Waals surface area contributed by atoms with Crippen molar-refractivity contribution in [1.29, 1.82) is 0 Å². The van der Waals surface area contributed by atoms with Crippen molar-refractivity contribution in [3.05, 3.63) is 0 Å². The number of ether oxygens (including phenoxy) is 1. The standard InChI is InChI=1S/C12H20N2O6/c1-2-13-9-6-20-5-7(9)11(17)14-8(12(18)19)3-4-10(15)16/h7-9,13H,2-6H2,1H3,(H,14,17)(H,15,16)(H,18,19)/t7?,8-,9?/m0/s1. The fourth-order valence-electron chi connectivity index (χ4n) is 2.08. The zero-order chi connectivity index (χ0) is 15.1. The van der Waals surface area contributed by atoms with Crippen molar-refractivity contribution in [1.82, 2.24) is 10.6 Å². The Morgan fingerprint density at radius 3 is 2.55 bits per heavy atom. The SMILES string of the molecule is CCNC1COCC1C(=O)N[C@@H](CCC(=O)O)C(=O)O. The van der Waals surface area contributed by atoms with Gasteiger partial charge in [0.2, 0.25) is 5.91 Å². The quantitative estimate of drug-likeness (QED) is 0.453. The van der Waals surface area contributed by atoms with Crippen LogP contribution in [0.5, 0.6) is 0 Å². The summed E-state index contributed by atoms with van der Waals surface area (Å²) in [6.45, 7) is 3.22. The van der Waals surface area contributed by atoms with Crippen molar-refractivity contribution >= 4 is 17.8 Å². The van der Waals surface area contributed by atoms with Gasteiger partial charge in [0.05, 0.1) is 19.1 Å². The van der Waals surface area contributed by atoms with Crippen molar-refractivity contribution in [2.24, 2.45) is 5.92 Å². The van der Waals surface area contributed by atoms with Crippen LogP contribution in [0.1, 0.15) is 19.8 Å². The van der Waals surface area contributed by atoms with E-state index in [0.717, 1.165) is 0 Å². The van der Waals surface area contributed by atoms with E-state index in [1.165, 1.54) is 0 Å². The number of amides is 1. The Morgan fingerprint density at radius 1 is 1.30 bits per heavy atom. The number of rotatable bonds is 8. The fourth-order valence-corrected chi connectivity index (χ4v) is 2.08. The van der Waals surface area contributed by atoms with Crippen LogP contribution in [0, 0.1) is 5.92 Å². The summed E-state index contributed by atoms with van der Waals surface area (Å²) < 4.78 is 5.22. The summed E-state index contributed by atoms with van der Waals surface area (Å²) in [7, 11) is 0. The monoisotopic (exact) mass is 288 g/mol. The number of hydrogen-bond acceptors (Lipinski definition) is 5. The van der Waals surface area contributed by atoms with Crippen LogP contribution in [0.25, 0.3) is 0 Å². The third-order valence-electron chi connectivity index (χ3n) is 3.15. The van der Waals surface area contributed by atoms with Crippen LogP contribution in [0.2, 0.25) is 0 Å². The van der Waals surface area contributed by atoms with Gasteiger partial charge >= 0.3 is 11.9 Å². The average Bonchev–Trinajstić information content (AvgIpc) is 2.82. The third kappa shape index (κ3) is 4.78. The highest BCUT2D eigenvalue weighted by atomic mass is 16.5. The molecular formula is C12H20N2O6. The topological polar surface area (TPSA) is 125 Å². The van der Waals surface area contributed by atoms with Crippen molar-refractivity contribution in [2.45, 2.75) is 31.8 Å². The van der Waals surface area contributed by atoms with Gasteiger partial charge in [0.15, 0.2) is 0 Å². The molecule has 1 rings (SSSR count). The number of carboxylic acid groups (broad SMARTS) is 2. The highest BCUT2D eigenvalue weighted by Gasteiger charge is 2.35. The highest BCUT2D eigenvalue weighted by molar-refractivity contribution is 5.86. The summed E-state index contributed by atoms with van der Waals surface area (Å²) in [5.41, 5.74) is 0. The molecule has 1 saturated heterocycles. The van der Waals surface area contributed by atoms with Crippen LogP contribution in [0.4, 0.5) is 0 Å². The molecule has 20 heavy (non-hydrogen) atoms. The molecule has 0 bridgehead atoms. The average molecular weight is 288 g/mol. The van der Waals surface area contributed by atoms with Gasteiger partial charge in [-0.3, -0.25) is 9.59 Å². The van der Waals surface area contributed by atoms with Gasteiger partial charge in [-0.25, -0.2) is 4.79 Å². The lowest BCUT2D eigenvalue weighted by Crippen LogP contribution is -2.49. The molecule has 2 unspecified atom stereocenters. The first kappa shape index (κ1) is 16.4. The van der Waals surface area contributed by atoms with Gasteiger partial charge in [0, 0.05) is 12.5 Å². The van der Waals surface area contributed by atoms with E-state index in [2.05, 4.69) is 10.6 Å². The minimum atomic E-state index is -1.24. The van der Waals surface area contributed by atoms with E-state index in [1.54, 1.807) is 0 Å². The summed E-state index contributed by atoms with van der Waals surface area (Å²) in [6, 6.07) is -1.34. The van der Waals surface area contributed by atoms with Crippen molar-refractivity contribution in [3.63, 3.8) is 0 Å².